The van der Waals surface area contributed by atoms with Gasteiger partial charge in [0.05, 0.1) is 17.6 Å². The fraction of sp³-hybridized carbons (Fsp3) is 0.0769. The third kappa shape index (κ3) is 2.21. The molecule has 0 aliphatic carbocycles. The van der Waals surface area contributed by atoms with E-state index in [0.717, 1.165) is 3.57 Å². The Hall–Kier alpha value is -1.77. The van der Waals surface area contributed by atoms with Crippen LogP contribution < -0.4 is 5.32 Å². The smallest absolute Gasteiger partial charge is 0.179 e. The molecule has 0 aliphatic heterocycles. The van der Waals surface area contributed by atoms with E-state index >= 15 is 0 Å². The molecule has 2 heterocycles. The van der Waals surface area contributed by atoms with Gasteiger partial charge in [0, 0.05) is 3.57 Å². The predicted molar refractivity (Wildman–Crippen MR) is 78.9 cm³/mol. The van der Waals surface area contributed by atoms with Crippen LogP contribution in [-0.4, -0.2) is 10.1 Å². The molecule has 0 spiro atoms. The fourth-order valence-electron chi connectivity index (χ4n) is 1.80. The van der Waals surface area contributed by atoms with Gasteiger partial charge in [-0.25, -0.2) is 13.8 Å². The molecule has 2 aromatic heterocycles. The molecular formula is C13H8F2IN3O. The van der Waals surface area contributed by atoms with E-state index in [-0.39, 0.29) is 16.9 Å². The first-order valence-electron chi connectivity index (χ1n) is 5.69. The third-order valence-corrected chi connectivity index (χ3v) is 3.47. The van der Waals surface area contributed by atoms with Crippen LogP contribution in [0.15, 0.2) is 28.9 Å². The lowest BCUT2D eigenvalue weighted by molar-refractivity contribution is 0.403. The number of rotatable bonds is 2. The van der Waals surface area contributed by atoms with E-state index in [1.807, 2.05) is 22.6 Å². The van der Waals surface area contributed by atoms with Gasteiger partial charge >= 0.3 is 0 Å². The van der Waals surface area contributed by atoms with Crippen LogP contribution in [0.1, 0.15) is 5.76 Å². The number of nitrogens with one attached hydrogen (secondary N) is 1. The maximum atomic E-state index is 14.2. The number of halogens is 3. The molecule has 0 unspecified atom stereocenters. The van der Waals surface area contributed by atoms with Crippen molar-refractivity contribution < 1.29 is 13.3 Å². The number of aromatic nitrogens is 2. The van der Waals surface area contributed by atoms with Crippen molar-refractivity contribution >= 4 is 45.0 Å². The fourth-order valence-corrected chi connectivity index (χ4v) is 2.25. The summed E-state index contributed by atoms with van der Waals surface area (Å²) in [5.74, 6) is -0.650. The summed E-state index contributed by atoms with van der Waals surface area (Å²) < 4.78 is 33.6. The highest BCUT2D eigenvalue weighted by molar-refractivity contribution is 14.1. The maximum Gasteiger partial charge on any atom is 0.179 e. The molecule has 0 radical (unpaired) electrons. The molecule has 0 saturated heterocycles. The molecule has 102 valence electrons. The Kier molecular flexibility index (Phi) is 3.28. The monoisotopic (exact) mass is 387 g/mol. The SMILES string of the molecule is Cc1onc2c(F)c(Nc3ccc(I)cc3F)cnc12. The second kappa shape index (κ2) is 4.97. The van der Waals surface area contributed by atoms with Gasteiger partial charge in [-0.3, -0.25) is 0 Å². The van der Waals surface area contributed by atoms with Gasteiger partial charge in [-0.1, -0.05) is 5.16 Å². The van der Waals surface area contributed by atoms with Crippen LogP contribution in [0.3, 0.4) is 0 Å². The van der Waals surface area contributed by atoms with E-state index in [4.69, 9.17) is 4.52 Å². The van der Waals surface area contributed by atoms with Gasteiger partial charge in [0.2, 0.25) is 0 Å². The summed E-state index contributed by atoms with van der Waals surface area (Å²) in [6, 6.07) is 4.61. The second-order valence-corrected chi connectivity index (χ2v) is 5.42. The van der Waals surface area contributed by atoms with Crippen molar-refractivity contribution in [3.63, 3.8) is 0 Å². The maximum absolute atomic E-state index is 14.2. The lowest BCUT2D eigenvalue weighted by atomic mass is 10.2. The van der Waals surface area contributed by atoms with Crippen molar-refractivity contribution in [3.8, 4) is 0 Å². The Morgan fingerprint density at radius 1 is 1.20 bits per heavy atom. The molecule has 0 atom stereocenters. The van der Waals surface area contributed by atoms with Crippen LogP contribution in [-0.2, 0) is 0 Å². The zero-order valence-electron chi connectivity index (χ0n) is 10.2. The molecule has 7 heteroatoms. The number of nitrogens with zero attached hydrogens (tertiary/aromatic N) is 2. The van der Waals surface area contributed by atoms with Crippen molar-refractivity contribution in [1.29, 1.82) is 0 Å². The molecule has 0 bridgehead atoms. The van der Waals surface area contributed by atoms with Crippen molar-refractivity contribution in [1.82, 2.24) is 10.1 Å². The van der Waals surface area contributed by atoms with Crippen molar-refractivity contribution in [2.24, 2.45) is 0 Å². The van der Waals surface area contributed by atoms with Crippen molar-refractivity contribution in [2.75, 3.05) is 5.32 Å². The van der Waals surface area contributed by atoms with Crippen LogP contribution in [0, 0.1) is 22.1 Å². The van der Waals surface area contributed by atoms with Crippen LogP contribution in [0.4, 0.5) is 20.2 Å². The molecule has 20 heavy (non-hydrogen) atoms. The van der Waals surface area contributed by atoms with Gasteiger partial charge in [-0.15, -0.1) is 0 Å². The van der Waals surface area contributed by atoms with Crippen LogP contribution in [0.25, 0.3) is 11.0 Å². The minimum Gasteiger partial charge on any atom is -0.359 e. The van der Waals surface area contributed by atoms with E-state index in [0.29, 0.717) is 11.3 Å². The number of aryl methyl sites for hydroxylation is 1. The number of anilines is 2. The molecule has 1 aromatic carbocycles. The highest BCUT2D eigenvalue weighted by Gasteiger charge is 2.15. The normalized spacial score (nSPS) is 11.0. The molecule has 0 fully saturated rings. The summed E-state index contributed by atoms with van der Waals surface area (Å²) in [4.78, 5) is 4.06. The minimum absolute atomic E-state index is 0.0263. The number of fused-ring (bicyclic) bond motifs is 1. The topological polar surface area (TPSA) is 51.0 Å². The predicted octanol–water partition coefficient (Wildman–Crippen LogP) is 4.16. The number of hydrogen-bond acceptors (Lipinski definition) is 4. The highest BCUT2D eigenvalue weighted by atomic mass is 127. The molecule has 0 aliphatic rings. The Bertz CT molecular complexity index is 804. The average Bonchev–Trinajstić information content (AvgIpc) is 2.78. The first-order valence-corrected chi connectivity index (χ1v) is 6.76. The first-order chi connectivity index (χ1) is 9.56. The lowest BCUT2D eigenvalue weighted by Crippen LogP contribution is -1.98. The quantitative estimate of drug-likeness (QED) is 0.672. The van der Waals surface area contributed by atoms with Crippen LogP contribution in [0.5, 0.6) is 0 Å². The Morgan fingerprint density at radius 2 is 2.00 bits per heavy atom. The summed E-state index contributed by atoms with van der Waals surface area (Å²) in [6.45, 7) is 1.65. The highest BCUT2D eigenvalue weighted by Crippen LogP contribution is 2.27. The van der Waals surface area contributed by atoms with Crippen LogP contribution in [0.2, 0.25) is 0 Å². The van der Waals surface area contributed by atoms with Crippen molar-refractivity contribution in [2.45, 2.75) is 6.92 Å². The minimum atomic E-state index is -0.621. The average molecular weight is 387 g/mol. The number of hydrogen-bond donors (Lipinski definition) is 1. The summed E-state index contributed by atoms with van der Waals surface area (Å²) >= 11 is 2.00. The first kappa shape index (κ1) is 13.2. The molecule has 4 nitrogen and oxygen atoms in total. The molecule has 1 N–H and O–H groups in total. The zero-order valence-corrected chi connectivity index (χ0v) is 12.4. The van der Waals surface area contributed by atoms with Gasteiger partial charge in [0.15, 0.2) is 17.1 Å². The summed E-state index contributed by atoms with van der Waals surface area (Å²) in [7, 11) is 0. The van der Waals surface area contributed by atoms with E-state index in [9.17, 15) is 8.78 Å². The molecule has 0 amide bonds. The molecule has 3 aromatic rings. The Balaban J connectivity index is 2.04. The van der Waals surface area contributed by atoms with Crippen molar-refractivity contribution in [3.05, 3.63) is 45.4 Å². The van der Waals surface area contributed by atoms with E-state index in [1.54, 1.807) is 13.0 Å². The van der Waals surface area contributed by atoms with Gasteiger partial charge in [0.25, 0.3) is 0 Å². The van der Waals surface area contributed by atoms with Gasteiger partial charge in [-0.2, -0.15) is 0 Å². The summed E-state index contributed by atoms with van der Waals surface area (Å²) in [5.41, 5.74) is 0.603. The zero-order chi connectivity index (χ0) is 14.3. The van der Waals surface area contributed by atoms with E-state index < -0.39 is 11.6 Å². The Labute approximate surface area is 126 Å². The Morgan fingerprint density at radius 3 is 2.75 bits per heavy atom. The van der Waals surface area contributed by atoms with E-state index in [2.05, 4.69) is 15.5 Å². The molecule has 0 saturated carbocycles. The lowest BCUT2D eigenvalue weighted by Gasteiger charge is -2.08. The van der Waals surface area contributed by atoms with Crippen LogP contribution >= 0.6 is 22.6 Å². The summed E-state index contributed by atoms with van der Waals surface area (Å²) in [6.07, 6.45) is 1.29. The summed E-state index contributed by atoms with van der Waals surface area (Å²) in [5, 5.41) is 6.28. The molecular weight excluding hydrogens is 379 g/mol. The third-order valence-electron chi connectivity index (χ3n) is 2.80. The van der Waals surface area contributed by atoms with E-state index in [1.165, 1.54) is 18.3 Å². The standard InChI is InChI=1S/C13H8F2IN3O/c1-6-12-13(19-20-6)11(15)10(5-17-12)18-9-3-2-7(16)4-8(9)14/h2-5,18H,1H3. The second-order valence-electron chi connectivity index (χ2n) is 4.17. The number of pyridine rings is 1. The largest absolute Gasteiger partial charge is 0.359 e. The van der Waals surface area contributed by atoms with Gasteiger partial charge in [-0.05, 0) is 47.7 Å². The number of benzene rings is 1. The van der Waals surface area contributed by atoms with Gasteiger partial charge in [0.1, 0.15) is 11.3 Å². The molecule has 3 rings (SSSR count). The van der Waals surface area contributed by atoms with Gasteiger partial charge < -0.3 is 9.84 Å².